The molecule has 4 aromatic heterocycles. The molecule has 0 aliphatic carbocycles. The molecule has 12 rings (SSSR count). The fourth-order valence-corrected chi connectivity index (χ4v) is 13.9. The Morgan fingerprint density at radius 2 is 0.528 bits per heavy atom. The van der Waals surface area contributed by atoms with Crippen LogP contribution in [0.2, 0.25) is 0 Å². The largest absolute Gasteiger partial charge is 0.394 e. The van der Waals surface area contributed by atoms with Crippen molar-refractivity contribution < 1.29 is 71.0 Å². The lowest BCUT2D eigenvalue weighted by Crippen LogP contribution is -2.35. The standard InChI is InChI=1S/C24H27F3N.2C23H25F3N.C22H23F3N/c1-15-11-16(2)17(3)20(12-15)22-10-8-19-13-18(7-9-21(19)28(22)6)14-23(4,5)24(25,26)27;1-15-6-7-16(2)19(12-15)21-11-9-18-13-17(8-10-20(18)27(21)5)14-22(3,4)23(24,25)26;1-15-6-7-16(2)19(12-15)20-11-10-18-9-8-17(13-21(18)27(20)5)14-22(3,4)23(24,25)26;1-15-7-5-6-8-18(15)19-12-11-17-10-9-16(13-20(17)26(19)4)14-21(2,3)22(23,24)25/h7-13H,14H2,1-6H3;2*6-13H,14H2,1-5H3;5-13H,14H2,1-4H3/q4*+1. The average Bonchev–Trinajstić information content (AvgIpc) is 0.785. The SMILES string of the molecule is Cc1cc(C)c(C)c(-c2ccc3cc(CC(C)(C)C(F)(F)F)ccc3[n+]2C)c1.Cc1ccc(C)c(-c2ccc3cc(CC(C)(C)C(F)(F)F)ccc3[n+]2C)c1.Cc1ccc(C)c(-c2ccc3ccc(CC(C)(C)C(F)(F)F)cc3[n+]2C)c1.Cc1ccccc1-c1ccc2ccc(CC(C)(C)C(F)(F)F)cc2[n+]1C. The van der Waals surface area contributed by atoms with Gasteiger partial charge in [-0.3, -0.25) is 0 Å². The summed E-state index contributed by atoms with van der Waals surface area (Å²) in [6.07, 6.45) is -17.1. The zero-order chi connectivity index (χ0) is 79.9. The molecule has 0 aliphatic rings. The number of pyridine rings is 4. The molecule has 0 N–H and O–H groups in total. The van der Waals surface area contributed by atoms with Crippen molar-refractivity contribution in [2.75, 3.05) is 0 Å². The van der Waals surface area contributed by atoms with Gasteiger partial charge in [0.05, 0.1) is 21.7 Å². The number of alkyl halides is 12. The van der Waals surface area contributed by atoms with E-state index in [1.54, 1.807) is 12.1 Å². The maximum Gasteiger partial charge on any atom is 0.394 e. The lowest BCUT2D eigenvalue weighted by Gasteiger charge is -2.27. The third-order valence-electron chi connectivity index (χ3n) is 21.4. The monoisotopic (exact) mass is 1490 g/mol. The van der Waals surface area contributed by atoms with E-state index < -0.39 is 46.4 Å². The van der Waals surface area contributed by atoms with Crippen molar-refractivity contribution in [1.82, 2.24) is 0 Å². The summed E-state index contributed by atoms with van der Waals surface area (Å²) in [6, 6.07) is 63.8. The molecule has 0 spiro atoms. The molecule has 108 heavy (non-hydrogen) atoms. The topological polar surface area (TPSA) is 15.5 Å². The second kappa shape index (κ2) is 31.3. The van der Waals surface area contributed by atoms with Gasteiger partial charge in [-0.2, -0.15) is 71.0 Å². The molecule has 16 heteroatoms. The summed E-state index contributed by atoms with van der Waals surface area (Å²) >= 11 is 0. The van der Waals surface area contributed by atoms with Gasteiger partial charge in [0.15, 0.2) is 0 Å². The first kappa shape index (κ1) is 82.6. The van der Waals surface area contributed by atoms with Crippen molar-refractivity contribution in [2.24, 2.45) is 49.9 Å². The highest BCUT2D eigenvalue weighted by atomic mass is 19.4. The zero-order valence-electron chi connectivity index (χ0n) is 65.6. The predicted octanol–water partition coefficient (Wildman–Crippen LogP) is 24.3. The van der Waals surface area contributed by atoms with E-state index >= 15 is 0 Å². The average molecular weight is 1490 g/mol. The number of benzene rings is 8. The first-order valence-electron chi connectivity index (χ1n) is 36.2. The molecule has 4 heterocycles. The van der Waals surface area contributed by atoms with Gasteiger partial charge >= 0.3 is 24.7 Å². The quantitative estimate of drug-likeness (QED) is 0.0856. The number of aromatic nitrogens is 4. The van der Waals surface area contributed by atoms with Crippen LogP contribution >= 0.6 is 0 Å². The van der Waals surface area contributed by atoms with E-state index in [0.29, 0.717) is 22.3 Å². The minimum atomic E-state index is -4.23. The van der Waals surface area contributed by atoms with Gasteiger partial charge in [0, 0.05) is 92.3 Å². The molecule has 4 nitrogen and oxygen atoms in total. The molecular weight excluding hydrogens is 1390 g/mol. The van der Waals surface area contributed by atoms with Crippen molar-refractivity contribution in [2.45, 2.75) is 161 Å². The van der Waals surface area contributed by atoms with E-state index in [2.05, 4.69) is 153 Å². The molecule has 0 radical (unpaired) electrons. The fourth-order valence-electron chi connectivity index (χ4n) is 13.9. The Kier molecular flexibility index (Phi) is 23.9. The van der Waals surface area contributed by atoms with Crippen LogP contribution in [0.15, 0.2) is 194 Å². The Hall–Kier alpha value is -9.44. The van der Waals surface area contributed by atoms with E-state index in [1.165, 1.54) is 105 Å². The van der Waals surface area contributed by atoms with Gasteiger partial charge in [-0.15, -0.1) is 0 Å². The third kappa shape index (κ3) is 18.3. The van der Waals surface area contributed by atoms with Gasteiger partial charge in [-0.25, -0.2) is 0 Å². The van der Waals surface area contributed by atoms with Crippen LogP contribution in [0.25, 0.3) is 88.6 Å². The second-order valence-corrected chi connectivity index (χ2v) is 32.1. The van der Waals surface area contributed by atoms with Gasteiger partial charge < -0.3 is 0 Å². The summed E-state index contributed by atoms with van der Waals surface area (Å²) in [6.45, 7) is 26.7. The summed E-state index contributed by atoms with van der Waals surface area (Å²) in [5.41, 5.74) is 18.1. The lowest BCUT2D eigenvalue weighted by atomic mass is 9.84. The van der Waals surface area contributed by atoms with Gasteiger partial charge in [-0.1, -0.05) is 145 Å². The highest BCUT2D eigenvalue weighted by Crippen LogP contribution is 2.45. The molecule has 12 aromatic rings. The first-order valence-corrected chi connectivity index (χ1v) is 36.2. The Balaban J connectivity index is 0.000000166. The van der Waals surface area contributed by atoms with Crippen molar-refractivity contribution in [1.29, 1.82) is 0 Å². The van der Waals surface area contributed by atoms with Crippen molar-refractivity contribution in [3.63, 3.8) is 0 Å². The molecule has 568 valence electrons. The molecular formula is C92H100F12N4+4. The Morgan fingerprint density at radius 3 is 0.889 bits per heavy atom. The van der Waals surface area contributed by atoms with Crippen molar-refractivity contribution in [3.05, 3.63) is 261 Å². The molecule has 0 saturated carbocycles. The maximum absolute atomic E-state index is 13.3. The number of rotatable bonds is 12. The van der Waals surface area contributed by atoms with Crippen LogP contribution < -0.4 is 18.3 Å². The van der Waals surface area contributed by atoms with E-state index in [1.807, 2.05) is 131 Å². The van der Waals surface area contributed by atoms with Crippen LogP contribution in [-0.2, 0) is 53.9 Å². The second-order valence-electron chi connectivity index (χ2n) is 32.1. The molecule has 0 bridgehead atoms. The fraction of sp³-hybridized carbons (Fsp3) is 0.348. The molecule has 8 aromatic carbocycles. The Labute approximate surface area is 628 Å². The number of aryl methyl sites for hydroxylation is 11. The predicted molar refractivity (Wildman–Crippen MR) is 414 cm³/mol. The summed E-state index contributed by atoms with van der Waals surface area (Å²) in [5, 5.41) is 3.92. The van der Waals surface area contributed by atoms with Crippen LogP contribution in [0.3, 0.4) is 0 Å². The van der Waals surface area contributed by atoms with Crippen LogP contribution in [0, 0.1) is 77.0 Å². The van der Waals surface area contributed by atoms with Crippen LogP contribution in [0.5, 0.6) is 0 Å². The van der Waals surface area contributed by atoms with Crippen LogP contribution in [-0.4, -0.2) is 24.7 Å². The van der Waals surface area contributed by atoms with E-state index in [4.69, 9.17) is 0 Å². The number of halogens is 12. The molecule has 0 fully saturated rings. The Morgan fingerprint density at radius 1 is 0.241 bits per heavy atom. The van der Waals surface area contributed by atoms with Gasteiger partial charge in [0.2, 0.25) is 44.8 Å². The molecule has 0 saturated heterocycles. The number of nitrogens with zero attached hydrogens (tertiary/aromatic N) is 4. The van der Waals surface area contributed by atoms with Crippen LogP contribution in [0.1, 0.15) is 122 Å². The summed E-state index contributed by atoms with van der Waals surface area (Å²) in [5.74, 6) is 0. The highest BCUT2D eigenvalue weighted by molar-refractivity contribution is 5.82. The van der Waals surface area contributed by atoms with Crippen molar-refractivity contribution in [3.8, 4) is 45.0 Å². The molecule has 0 aliphatic heterocycles. The Bertz CT molecular complexity index is 5320. The summed E-state index contributed by atoms with van der Waals surface area (Å²) in [4.78, 5) is 0. The number of hydrogen-bond donors (Lipinski definition) is 0. The smallest absolute Gasteiger partial charge is 0.194 e. The third-order valence-corrected chi connectivity index (χ3v) is 21.4. The zero-order valence-corrected chi connectivity index (χ0v) is 65.6. The van der Waals surface area contributed by atoms with E-state index in [-0.39, 0.29) is 25.7 Å². The summed E-state index contributed by atoms with van der Waals surface area (Å²) < 4.78 is 167. The number of fused-ring (bicyclic) bond motifs is 4. The summed E-state index contributed by atoms with van der Waals surface area (Å²) in [7, 11) is 7.94. The first-order chi connectivity index (χ1) is 50.0. The van der Waals surface area contributed by atoms with Crippen molar-refractivity contribution >= 4 is 43.6 Å². The normalized spacial score (nSPS) is 12.6. The van der Waals surface area contributed by atoms with Crippen LogP contribution in [0.4, 0.5) is 52.7 Å². The minimum absolute atomic E-state index is 0.0328. The van der Waals surface area contributed by atoms with E-state index in [9.17, 15) is 52.7 Å². The van der Waals surface area contributed by atoms with E-state index in [0.717, 1.165) is 83.1 Å². The maximum atomic E-state index is 13.3. The molecule has 0 amide bonds. The van der Waals surface area contributed by atoms with Gasteiger partial charge in [-0.05, 0) is 204 Å². The highest BCUT2D eigenvalue weighted by Gasteiger charge is 2.50. The molecule has 0 unspecified atom stereocenters. The minimum Gasteiger partial charge on any atom is -0.194 e. The lowest BCUT2D eigenvalue weighted by molar-refractivity contribution is -0.633. The number of hydrogen-bond acceptors (Lipinski definition) is 0. The molecule has 0 atom stereocenters. The van der Waals surface area contributed by atoms with Gasteiger partial charge in [0.1, 0.15) is 28.2 Å². The van der Waals surface area contributed by atoms with Gasteiger partial charge in [0.25, 0.3) is 0 Å².